The summed E-state index contributed by atoms with van der Waals surface area (Å²) in [4.78, 5) is 17.7. The molecular formula is C21H20Cl2N6O. The van der Waals surface area contributed by atoms with Crippen molar-refractivity contribution in [3.8, 4) is 5.69 Å². The van der Waals surface area contributed by atoms with Crippen LogP contribution in [-0.4, -0.2) is 37.4 Å². The smallest absolute Gasteiger partial charge is 0.326 e. The number of aromatic amines is 1. The maximum absolute atomic E-state index is 12.6. The van der Waals surface area contributed by atoms with Crippen LogP contribution in [0.5, 0.6) is 0 Å². The molecule has 2 aromatic carbocycles. The first kappa shape index (κ1) is 19.2. The van der Waals surface area contributed by atoms with Gasteiger partial charge in [-0.25, -0.2) is 4.79 Å². The Morgan fingerprint density at radius 3 is 2.43 bits per heavy atom. The molecule has 1 fully saturated rings. The molecule has 0 unspecified atom stereocenters. The Bertz CT molecular complexity index is 1270. The molecule has 0 saturated carbocycles. The van der Waals surface area contributed by atoms with Crippen LogP contribution in [0.1, 0.15) is 24.7 Å². The van der Waals surface area contributed by atoms with Gasteiger partial charge in [-0.1, -0.05) is 23.2 Å². The van der Waals surface area contributed by atoms with E-state index in [2.05, 4.69) is 20.1 Å². The van der Waals surface area contributed by atoms with Crippen molar-refractivity contribution in [2.75, 3.05) is 18.0 Å². The van der Waals surface area contributed by atoms with E-state index < -0.39 is 0 Å². The van der Waals surface area contributed by atoms with E-state index in [0.717, 1.165) is 54.4 Å². The van der Waals surface area contributed by atoms with E-state index in [1.807, 2.05) is 52.5 Å². The Balaban J connectivity index is 1.41. The molecule has 0 spiro atoms. The number of hydrogen-bond donors (Lipinski definition) is 1. The molecule has 1 aliphatic heterocycles. The maximum atomic E-state index is 12.6. The molecular weight excluding hydrogens is 423 g/mol. The highest BCUT2D eigenvalue weighted by molar-refractivity contribution is 6.31. The number of halogens is 2. The van der Waals surface area contributed by atoms with Crippen LogP contribution in [0.25, 0.3) is 16.7 Å². The molecule has 154 valence electrons. The van der Waals surface area contributed by atoms with Crippen molar-refractivity contribution < 1.29 is 0 Å². The van der Waals surface area contributed by atoms with Gasteiger partial charge in [-0.15, -0.1) is 10.2 Å². The SMILES string of the molecule is Cc1nnc(N2CCC(n3c(=O)[nH]c4ccc(Cl)cc43)CC2)n1-c1ccc(Cl)cc1. The highest BCUT2D eigenvalue weighted by Crippen LogP contribution is 2.30. The summed E-state index contributed by atoms with van der Waals surface area (Å²) in [7, 11) is 0. The average molecular weight is 443 g/mol. The van der Waals surface area contributed by atoms with Gasteiger partial charge in [0.25, 0.3) is 0 Å². The van der Waals surface area contributed by atoms with Crippen LogP contribution in [0.3, 0.4) is 0 Å². The molecule has 0 radical (unpaired) electrons. The van der Waals surface area contributed by atoms with Crippen molar-refractivity contribution in [2.45, 2.75) is 25.8 Å². The summed E-state index contributed by atoms with van der Waals surface area (Å²) in [5.74, 6) is 1.62. The number of rotatable bonds is 3. The van der Waals surface area contributed by atoms with Crippen LogP contribution in [0.4, 0.5) is 5.95 Å². The van der Waals surface area contributed by atoms with E-state index >= 15 is 0 Å². The summed E-state index contributed by atoms with van der Waals surface area (Å²) < 4.78 is 3.88. The Labute approximate surface area is 182 Å². The van der Waals surface area contributed by atoms with Crippen molar-refractivity contribution in [3.63, 3.8) is 0 Å². The molecule has 1 aliphatic rings. The molecule has 0 atom stereocenters. The number of fused-ring (bicyclic) bond motifs is 1. The number of nitrogens with zero attached hydrogens (tertiary/aromatic N) is 5. The largest absolute Gasteiger partial charge is 0.340 e. The van der Waals surface area contributed by atoms with E-state index in [1.54, 1.807) is 6.07 Å². The number of H-pyrrole nitrogens is 1. The number of aromatic nitrogens is 5. The lowest BCUT2D eigenvalue weighted by atomic mass is 10.0. The molecule has 2 aromatic heterocycles. The molecule has 9 heteroatoms. The predicted octanol–water partition coefficient (Wildman–Crippen LogP) is 4.37. The van der Waals surface area contributed by atoms with Gasteiger partial charge < -0.3 is 9.88 Å². The van der Waals surface area contributed by atoms with E-state index in [0.29, 0.717) is 10.0 Å². The van der Waals surface area contributed by atoms with Gasteiger partial charge in [0.05, 0.1) is 16.7 Å². The highest BCUT2D eigenvalue weighted by Gasteiger charge is 2.27. The van der Waals surface area contributed by atoms with Gasteiger partial charge in [0, 0.05) is 29.2 Å². The predicted molar refractivity (Wildman–Crippen MR) is 119 cm³/mol. The Morgan fingerprint density at radius 1 is 1.00 bits per heavy atom. The fourth-order valence-electron chi connectivity index (χ4n) is 4.23. The second-order valence-corrected chi connectivity index (χ2v) is 8.41. The molecule has 4 aromatic rings. The third-order valence-corrected chi connectivity index (χ3v) is 6.17. The Morgan fingerprint density at radius 2 is 1.70 bits per heavy atom. The lowest BCUT2D eigenvalue weighted by molar-refractivity contribution is 0.393. The van der Waals surface area contributed by atoms with Crippen molar-refractivity contribution in [1.29, 1.82) is 0 Å². The molecule has 3 heterocycles. The molecule has 1 saturated heterocycles. The minimum Gasteiger partial charge on any atom is -0.340 e. The normalized spacial score (nSPS) is 15.2. The zero-order valence-corrected chi connectivity index (χ0v) is 17.9. The zero-order chi connectivity index (χ0) is 20.8. The van der Waals surface area contributed by atoms with Gasteiger partial charge in [-0.3, -0.25) is 9.13 Å². The summed E-state index contributed by atoms with van der Waals surface area (Å²) in [6.07, 6.45) is 1.65. The number of benzene rings is 2. The zero-order valence-electron chi connectivity index (χ0n) is 16.3. The van der Waals surface area contributed by atoms with Crippen molar-refractivity contribution in [2.24, 2.45) is 0 Å². The monoisotopic (exact) mass is 442 g/mol. The van der Waals surface area contributed by atoms with E-state index in [1.165, 1.54) is 0 Å². The molecule has 5 rings (SSSR count). The van der Waals surface area contributed by atoms with Gasteiger partial charge in [0.15, 0.2) is 0 Å². The first-order chi connectivity index (χ1) is 14.5. The van der Waals surface area contributed by atoms with Crippen LogP contribution in [-0.2, 0) is 0 Å². The Hall–Kier alpha value is -2.77. The third kappa shape index (κ3) is 3.28. The number of piperidine rings is 1. The highest BCUT2D eigenvalue weighted by atomic mass is 35.5. The molecule has 1 N–H and O–H groups in total. The van der Waals surface area contributed by atoms with Gasteiger partial charge in [0.1, 0.15) is 5.82 Å². The molecule has 0 aliphatic carbocycles. The minimum atomic E-state index is -0.0918. The molecule has 30 heavy (non-hydrogen) atoms. The molecule has 7 nitrogen and oxygen atoms in total. The topological polar surface area (TPSA) is 71.7 Å². The number of anilines is 1. The number of nitrogens with one attached hydrogen (secondary N) is 1. The number of hydrogen-bond acceptors (Lipinski definition) is 4. The van der Waals surface area contributed by atoms with Gasteiger partial charge in [0.2, 0.25) is 5.95 Å². The second-order valence-electron chi connectivity index (χ2n) is 7.54. The first-order valence-corrected chi connectivity index (χ1v) is 10.6. The maximum Gasteiger partial charge on any atom is 0.326 e. The summed E-state index contributed by atoms with van der Waals surface area (Å²) >= 11 is 12.2. The third-order valence-electron chi connectivity index (χ3n) is 5.68. The molecule has 0 amide bonds. The number of aryl methyl sites for hydroxylation is 1. The lowest BCUT2D eigenvalue weighted by Gasteiger charge is -2.33. The quantitative estimate of drug-likeness (QED) is 0.511. The van der Waals surface area contributed by atoms with E-state index in [-0.39, 0.29) is 11.7 Å². The second kappa shape index (κ2) is 7.49. The summed E-state index contributed by atoms with van der Waals surface area (Å²) in [6, 6.07) is 13.2. The van der Waals surface area contributed by atoms with Crippen LogP contribution >= 0.6 is 23.2 Å². The van der Waals surface area contributed by atoms with Crippen LogP contribution in [0.15, 0.2) is 47.3 Å². The summed E-state index contributed by atoms with van der Waals surface area (Å²) in [5.41, 5.74) is 2.54. The first-order valence-electron chi connectivity index (χ1n) is 9.84. The fraction of sp³-hybridized carbons (Fsp3) is 0.286. The van der Waals surface area contributed by atoms with Gasteiger partial charge >= 0.3 is 5.69 Å². The summed E-state index contributed by atoms with van der Waals surface area (Å²) in [5, 5.41) is 10.0. The van der Waals surface area contributed by atoms with Crippen LogP contribution in [0.2, 0.25) is 10.0 Å². The van der Waals surface area contributed by atoms with E-state index in [4.69, 9.17) is 23.2 Å². The van der Waals surface area contributed by atoms with Crippen LogP contribution < -0.4 is 10.6 Å². The van der Waals surface area contributed by atoms with Gasteiger partial charge in [-0.05, 0) is 62.2 Å². The van der Waals surface area contributed by atoms with Crippen molar-refractivity contribution in [3.05, 3.63) is 68.8 Å². The van der Waals surface area contributed by atoms with Crippen molar-refractivity contribution in [1.82, 2.24) is 24.3 Å². The average Bonchev–Trinajstić information content (AvgIpc) is 3.28. The van der Waals surface area contributed by atoms with Crippen molar-refractivity contribution >= 4 is 40.2 Å². The van der Waals surface area contributed by atoms with E-state index in [9.17, 15) is 4.79 Å². The standard InChI is InChI=1S/C21H20Cl2N6O/c1-13-25-26-20(28(13)16-5-2-14(22)3-6-16)27-10-8-17(9-11-27)29-19-12-15(23)4-7-18(19)24-21(29)30/h2-7,12,17H,8-11H2,1H3,(H,24,30). The number of imidazole rings is 1. The van der Waals surface area contributed by atoms with Crippen LogP contribution in [0, 0.1) is 6.92 Å². The minimum absolute atomic E-state index is 0.0918. The summed E-state index contributed by atoms with van der Waals surface area (Å²) in [6.45, 7) is 3.49. The van der Waals surface area contributed by atoms with Gasteiger partial charge in [-0.2, -0.15) is 0 Å². The lowest BCUT2D eigenvalue weighted by Crippen LogP contribution is -2.38. The fourth-order valence-corrected chi connectivity index (χ4v) is 4.52. The Kier molecular flexibility index (Phi) is 4.79. The molecule has 0 bridgehead atoms.